The Labute approximate surface area is 215 Å². The summed E-state index contributed by atoms with van der Waals surface area (Å²) in [6.45, 7) is 7.76. The quantitative estimate of drug-likeness (QED) is 0.203. The number of aromatic nitrogens is 3. The van der Waals surface area contributed by atoms with Gasteiger partial charge in [0, 0.05) is 35.0 Å². The van der Waals surface area contributed by atoms with Crippen molar-refractivity contribution in [2.45, 2.75) is 40.5 Å². The molecule has 8 heteroatoms. The zero-order chi connectivity index (χ0) is 26.1. The van der Waals surface area contributed by atoms with Gasteiger partial charge in [-0.2, -0.15) is 0 Å². The average molecular weight is 503 g/mol. The fourth-order valence-electron chi connectivity index (χ4n) is 3.73. The number of carbonyl (C=O) groups excluding carboxylic acids is 2. The van der Waals surface area contributed by atoms with Crippen molar-refractivity contribution >= 4 is 28.7 Å². The van der Waals surface area contributed by atoms with Gasteiger partial charge in [-0.3, -0.25) is 19.9 Å². The van der Waals surface area contributed by atoms with E-state index in [1.54, 1.807) is 13.3 Å². The Hall–Kier alpha value is -3.91. The number of ether oxygens (including phenoxy) is 1. The third kappa shape index (κ3) is 6.60. The lowest BCUT2D eigenvalue weighted by Gasteiger charge is -2.13. The van der Waals surface area contributed by atoms with Crippen molar-refractivity contribution < 1.29 is 14.3 Å². The summed E-state index contributed by atoms with van der Waals surface area (Å²) >= 11 is 1.32. The van der Waals surface area contributed by atoms with Crippen molar-refractivity contribution in [3.63, 3.8) is 0 Å². The average Bonchev–Trinajstić information content (AvgIpc) is 3.32. The van der Waals surface area contributed by atoms with Gasteiger partial charge in [-0.25, -0.2) is 0 Å². The standard InChI is InChI=1S/C28H30N4O3S/c1-6-7-10-20(17-33)21(18(2)3)13-14-26-31-32-28(36-26)30-27(34)24-16-29-19(4)15-23(24)22-11-8-9-12-25(22)35-5/h6-12,15-17H,13-14H2,1-5H3,(H,30,32,34)/b7-6-,20-10-. The highest BCUT2D eigenvalue weighted by Crippen LogP contribution is 2.33. The van der Waals surface area contributed by atoms with Gasteiger partial charge >= 0.3 is 0 Å². The first-order valence-electron chi connectivity index (χ1n) is 11.6. The van der Waals surface area contributed by atoms with Crippen LogP contribution in [0, 0.1) is 6.92 Å². The summed E-state index contributed by atoms with van der Waals surface area (Å²) in [6.07, 6.45) is 9.24. The fraction of sp³-hybridized carbons (Fsp3) is 0.250. The maximum Gasteiger partial charge on any atom is 0.259 e. The third-order valence-corrected chi connectivity index (χ3v) is 6.40. The molecule has 0 bridgehead atoms. The molecule has 2 heterocycles. The SMILES string of the molecule is C/C=C\C=C(\C=O)C(CCc1nnc(NC(=O)c2cnc(C)cc2-c2ccccc2OC)s1)=C(C)C. The first kappa shape index (κ1) is 26.7. The number of rotatable bonds is 10. The van der Waals surface area contributed by atoms with Crippen LogP contribution in [0.2, 0.25) is 0 Å². The van der Waals surface area contributed by atoms with Crippen LogP contribution in [-0.2, 0) is 11.2 Å². The number of benzene rings is 1. The van der Waals surface area contributed by atoms with Gasteiger partial charge in [-0.05, 0) is 51.8 Å². The number of nitrogens with one attached hydrogen (secondary N) is 1. The summed E-state index contributed by atoms with van der Waals surface area (Å²) in [7, 11) is 1.60. The Bertz CT molecular complexity index is 1330. The fourth-order valence-corrected chi connectivity index (χ4v) is 4.46. The van der Waals surface area contributed by atoms with Crippen LogP contribution in [0.15, 0.2) is 71.5 Å². The van der Waals surface area contributed by atoms with Gasteiger partial charge in [-0.15, -0.1) is 10.2 Å². The van der Waals surface area contributed by atoms with Gasteiger partial charge in [0.15, 0.2) is 0 Å². The first-order chi connectivity index (χ1) is 17.4. The summed E-state index contributed by atoms with van der Waals surface area (Å²) in [5, 5.41) is 12.4. The van der Waals surface area contributed by atoms with E-state index in [2.05, 4.69) is 20.5 Å². The highest BCUT2D eigenvalue weighted by molar-refractivity contribution is 7.15. The Morgan fingerprint density at radius 3 is 2.64 bits per heavy atom. The predicted octanol–water partition coefficient (Wildman–Crippen LogP) is 6.14. The van der Waals surface area contributed by atoms with E-state index in [1.807, 2.05) is 76.3 Å². The summed E-state index contributed by atoms with van der Waals surface area (Å²) < 4.78 is 5.50. The third-order valence-electron chi connectivity index (χ3n) is 5.51. The minimum absolute atomic E-state index is 0.325. The van der Waals surface area contributed by atoms with Gasteiger partial charge in [0.25, 0.3) is 5.91 Å². The number of allylic oxidation sites excluding steroid dienone is 6. The number of nitrogens with zero attached hydrogens (tertiary/aromatic N) is 3. The highest BCUT2D eigenvalue weighted by Gasteiger charge is 2.18. The van der Waals surface area contributed by atoms with E-state index in [-0.39, 0.29) is 5.91 Å². The van der Waals surface area contributed by atoms with Crippen LogP contribution < -0.4 is 10.1 Å². The number of hydrogen-bond donors (Lipinski definition) is 1. The van der Waals surface area contributed by atoms with Crippen LogP contribution in [0.1, 0.15) is 48.3 Å². The van der Waals surface area contributed by atoms with Crippen LogP contribution in [0.4, 0.5) is 5.13 Å². The predicted molar refractivity (Wildman–Crippen MR) is 144 cm³/mol. The van der Waals surface area contributed by atoms with E-state index < -0.39 is 0 Å². The number of para-hydroxylation sites is 1. The van der Waals surface area contributed by atoms with Gasteiger partial charge < -0.3 is 4.74 Å². The number of methoxy groups -OCH3 is 1. The van der Waals surface area contributed by atoms with Crippen molar-refractivity contribution in [2.24, 2.45) is 0 Å². The van der Waals surface area contributed by atoms with Crippen molar-refractivity contribution in [2.75, 3.05) is 12.4 Å². The van der Waals surface area contributed by atoms with Crippen molar-refractivity contribution in [1.82, 2.24) is 15.2 Å². The second-order valence-corrected chi connectivity index (χ2v) is 9.33. The zero-order valence-corrected chi connectivity index (χ0v) is 22.0. The van der Waals surface area contributed by atoms with E-state index in [4.69, 9.17) is 4.74 Å². The van der Waals surface area contributed by atoms with Gasteiger partial charge in [-0.1, -0.05) is 53.3 Å². The van der Waals surface area contributed by atoms with E-state index in [0.717, 1.165) is 39.3 Å². The lowest BCUT2D eigenvalue weighted by Crippen LogP contribution is -2.14. The van der Waals surface area contributed by atoms with Gasteiger partial charge in [0.2, 0.25) is 5.13 Å². The maximum absolute atomic E-state index is 13.2. The van der Waals surface area contributed by atoms with Crippen LogP contribution in [0.3, 0.4) is 0 Å². The summed E-state index contributed by atoms with van der Waals surface area (Å²) in [4.78, 5) is 29.1. The molecule has 3 aromatic rings. The Kier molecular flexibility index (Phi) is 9.41. The van der Waals surface area contributed by atoms with Crippen LogP contribution in [0.5, 0.6) is 5.75 Å². The summed E-state index contributed by atoms with van der Waals surface area (Å²) in [5.74, 6) is 0.345. The second-order valence-electron chi connectivity index (χ2n) is 8.27. The molecule has 0 atom stereocenters. The molecule has 0 unspecified atom stereocenters. The molecule has 0 saturated heterocycles. The molecule has 0 fully saturated rings. The van der Waals surface area contributed by atoms with Crippen molar-refractivity contribution in [3.05, 3.63) is 87.7 Å². The van der Waals surface area contributed by atoms with Gasteiger partial charge in [0.1, 0.15) is 17.0 Å². The Balaban J connectivity index is 1.78. The number of aryl methyl sites for hydroxylation is 2. The number of aldehydes is 1. The molecule has 0 saturated carbocycles. The smallest absolute Gasteiger partial charge is 0.259 e. The summed E-state index contributed by atoms with van der Waals surface area (Å²) in [6, 6.07) is 9.41. The van der Waals surface area contributed by atoms with Crippen LogP contribution in [0.25, 0.3) is 11.1 Å². The van der Waals surface area contributed by atoms with E-state index in [1.165, 1.54) is 11.3 Å². The van der Waals surface area contributed by atoms with E-state index >= 15 is 0 Å². The molecule has 0 radical (unpaired) electrons. The molecule has 0 aliphatic rings. The molecule has 0 aliphatic carbocycles. The molecule has 186 valence electrons. The number of hydrogen-bond acceptors (Lipinski definition) is 7. The molecular formula is C28H30N4O3S. The van der Waals surface area contributed by atoms with Crippen molar-refractivity contribution in [3.8, 4) is 16.9 Å². The van der Waals surface area contributed by atoms with Crippen molar-refractivity contribution in [1.29, 1.82) is 0 Å². The lowest BCUT2D eigenvalue weighted by atomic mass is 9.97. The van der Waals surface area contributed by atoms with Crippen LogP contribution in [-0.4, -0.2) is 34.5 Å². The molecule has 3 rings (SSSR count). The Morgan fingerprint density at radius 2 is 1.94 bits per heavy atom. The minimum Gasteiger partial charge on any atom is -0.496 e. The molecule has 36 heavy (non-hydrogen) atoms. The number of carbonyl (C=O) groups is 2. The highest BCUT2D eigenvalue weighted by atomic mass is 32.1. The molecule has 1 aromatic carbocycles. The largest absolute Gasteiger partial charge is 0.496 e. The number of pyridine rings is 1. The monoisotopic (exact) mass is 502 g/mol. The summed E-state index contributed by atoms with van der Waals surface area (Å²) in [5.41, 5.74) is 5.45. The molecule has 7 nitrogen and oxygen atoms in total. The molecule has 2 aromatic heterocycles. The molecular weight excluding hydrogens is 472 g/mol. The number of anilines is 1. The molecule has 0 aliphatic heterocycles. The molecule has 0 spiro atoms. The normalized spacial score (nSPS) is 11.4. The van der Waals surface area contributed by atoms with Crippen LogP contribution >= 0.6 is 11.3 Å². The molecule has 1 N–H and O–H groups in total. The topological polar surface area (TPSA) is 94.1 Å². The number of amides is 1. The first-order valence-corrected chi connectivity index (χ1v) is 12.4. The lowest BCUT2D eigenvalue weighted by molar-refractivity contribution is -0.104. The zero-order valence-electron chi connectivity index (χ0n) is 21.2. The maximum atomic E-state index is 13.2. The van der Waals surface area contributed by atoms with E-state index in [0.29, 0.717) is 34.9 Å². The second kappa shape index (κ2) is 12.7. The Morgan fingerprint density at radius 1 is 1.17 bits per heavy atom. The van der Waals surface area contributed by atoms with E-state index in [9.17, 15) is 9.59 Å². The van der Waals surface area contributed by atoms with Gasteiger partial charge in [0.05, 0.1) is 12.7 Å². The molecule has 1 amide bonds. The minimum atomic E-state index is -0.325.